The lowest BCUT2D eigenvalue weighted by Gasteiger charge is -2.32. The smallest absolute Gasteiger partial charge is 0.378 e. The van der Waals surface area contributed by atoms with Crippen LogP contribution in [0.1, 0.15) is 36.1 Å². The molecule has 35 heavy (non-hydrogen) atoms. The van der Waals surface area contributed by atoms with Gasteiger partial charge in [0, 0.05) is 27.7 Å². The molecule has 0 saturated carbocycles. The van der Waals surface area contributed by atoms with Gasteiger partial charge in [0.15, 0.2) is 5.82 Å². The van der Waals surface area contributed by atoms with E-state index in [2.05, 4.69) is 27.8 Å². The van der Waals surface area contributed by atoms with Gasteiger partial charge in [0.05, 0.1) is 17.2 Å². The van der Waals surface area contributed by atoms with E-state index < -0.39 is 29.2 Å². The quantitative estimate of drug-likeness (QED) is 0.286. The first kappa shape index (κ1) is 22.9. The summed E-state index contributed by atoms with van der Waals surface area (Å²) in [6, 6.07) is 14.5. The summed E-state index contributed by atoms with van der Waals surface area (Å²) >= 11 is 0. The van der Waals surface area contributed by atoms with Crippen molar-refractivity contribution in [3.8, 4) is 11.3 Å². The number of rotatable bonds is 4. The summed E-state index contributed by atoms with van der Waals surface area (Å²) < 4.78 is 79.5. The van der Waals surface area contributed by atoms with E-state index in [1.165, 1.54) is 5.56 Å². The molecule has 2 N–H and O–H groups in total. The predicted octanol–water partition coefficient (Wildman–Crippen LogP) is 7.95. The fraction of sp³-hybridized carbons (Fsp3) is 0.200. The molecule has 180 valence electrons. The molecule has 0 aliphatic carbocycles. The molecule has 1 aromatic heterocycles. The van der Waals surface area contributed by atoms with Crippen molar-refractivity contribution in [1.82, 2.24) is 10.2 Å². The molecule has 0 bridgehead atoms. The number of fused-ring (bicyclic) bond motifs is 2. The third-order valence-corrected chi connectivity index (χ3v) is 5.98. The normalized spacial score (nSPS) is 15.3. The van der Waals surface area contributed by atoms with Crippen LogP contribution >= 0.6 is 0 Å². The van der Waals surface area contributed by atoms with E-state index in [9.17, 15) is 26.3 Å². The molecule has 0 radical (unpaired) electrons. The molecular weight excluding hydrogens is 470 g/mol. The van der Waals surface area contributed by atoms with E-state index in [1.807, 2.05) is 18.2 Å². The number of anilines is 3. The Hall–Kier alpha value is -3.82. The van der Waals surface area contributed by atoms with Gasteiger partial charge in [0.25, 0.3) is 0 Å². The Morgan fingerprint density at radius 1 is 0.829 bits per heavy atom. The lowest BCUT2D eigenvalue weighted by atomic mass is 9.91. The molecule has 0 fully saturated rings. The highest BCUT2D eigenvalue weighted by atomic mass is 19.4. The molecule has 2 heterocycles. The summed E-state index contributed by atoms with van der Waals surface area (Å²) in [5.41, 5.74) is 0.320. The first-order chi connectivity index (χ1) is 16.5. The van der Waals surface area contributed by atoms with Crippen molar-refractivity contribution in [2.24, 2.45) is 0 Å². The number of halogens is 6. The van der Waals surface area contributed by atoms with Crippen LogP contribution in [-0.2, 0) is 12.4 Å². The third-order valence-electron chi connectivity index (χ3n) is 5.98. The third kappa shape index (κ3) is 4.24. The van der Waals surface area contributed by atoms with Gasteiger partial charge in [-0.15, -0.1) is 10.2 Å². The van der Waals surface area contributed by atoms with Gasteiger partial charge in [-0.1, -0.05) is 43.3 Å². The molecule has 1 atom stereocenters. The molecule has 1 aliphatic rings. The Balaban J connectivity index is 1.57. The van der Waals surface area contributed by atoms with Crippen LogP contribution in [0.3, 0.4) is 0 Å². The minimum atomic E-state index is -4.95. The zero-order chi connectivity index (χ0) is 25.0. The molecule has 5 rings (SSSR count). The first-order valence-electron chi connectivity index (χ1n) is 10.8. The number of hydrogen-bond donors (Lipinski definition) is 2. The minimum Gasteiger partial charge on any atom is -0.378 e. The maximum atomic E-state index is 13.3. The van der Waals surface area contributed by atoms with E-state index in [1.54, 1.807) is 24.3 Å². The van der Waals surface area contributed by atoms with Crippen molar-refractivity contribution in [2.75, 3.05) is 10.6 Å². The van der Waals surface area contributed by atoms with Crippen molar-refractivity contribution < 1.29 is 26.3 Å². The fourth-order valence-electron chi connectivity index (χ4n) is 4.22. The van der Waals surface area contributed by atoms with Crippen molar-refractivity contribution in [3.05, 3.63) is 77.4 Å². The lowest BCUT2D eigenvalue weighted by molar-refractivity contribution is -0.143. The summed E-state index contributed by atoms with van der Waals surface area (Å²) in [5, 5.41) is 15.5. The van der Waals surface area contributed by atoms with Crippen LogP contribution in [0.5, 0.6) is 0 Å². The van der Waals surface area contributed by atoms with Gasteiger partial charge in [-0.05, 0) is 36.2 Å². The van der Waals surface area contributed by atoms with Gasteiger partial charge in [0.2, 0.25) is 0 Å². The summed E-state index contributed by atoms with van der Waals surface area (Å²) in [5.74, 6) is 0.0462. The Bertz CT molecular complexity index is 1400. The second-order valence-electron chi connectivity index (χ2n) is 8.27. The molecule has 1 unspecified atom stereocenters. The van der Waals surface area contributed by atoms with Gasteiger partial charge < -0.3 is 10.6 Å². The zero-order valence-corrected chi connectivity index (χ0v) is 18.2. The fourth-order valence-corrected chi connectivity index (χ4v) is 4.22. The summed E-state index contributed by atoms with van der Waals surface area (Å²) in [6.07, 6.45) is -8.94. The predicted molar refractivity (Wildman–Crippen MR) is 121 cm³/mol. The van der Waals surface area contributed by atoms with E-state index in [4.69, 9.17) is 0 Å². The molecule has 10 heteroatoms. The number of nitrogens with zero attached hydrogens (tertiary/aromatic N) is 2. The van der Waals surface area contributed by atoms with Gasteiger partial charge >= 0.3 is 12.4 Å². The Kier molecular flexibility index (Phi) is 5.34. The van der Waals surface area contributed by atoms with E-state index in [0.717, 1.165) is 17.7 Å². The van der Waals surface area contributed by atoms with Gasteiger partial charge in [-0.25, -0.2) is 0 Å². The monoisotopic (exact) mass is 488 g/mol. The molecule has 4 aromatic rings. The van der Waals surface area contributed by atoms with Gasteiger partial charge in [0.1, 0.15) is 5.69 Å². The number of benzene rings is 3. The van der Waals surface area contributed by atoms with Gasteiger partial charge in [-0.3, -0.25) is 0 Å². The summed E-state index contributed by atoms with van der Waals surface area (Å²) in [6.45, 7) is 2.08. The molecule has 1 aliphatic heterocycles. The largest absolute Gasteiger partial charge is 0.416 e. The Morgan fingerprint density at radius 3 is 2.09 bits per heavy atom. The number of nitrogens with one attached hydrogen (secondary N) is 2. The average Bonchev–Trinajstić information content (AvgIpc) is 2.79. The van der Waals surface area contributed by atoms with Crippen LogP contribution in [0.4, 0.5) is 43.5 Å². The minimum absolute atomic E-state index is 0.0462. The highest BCUT2D eigenvalue weighted by Crippen LogP contribution is 2.42. The maximum Gasteiger partial charge on any atom is 0.416 e. The molecule has 4 nitrogen and oxygen atoms in total. The van der Waals surface area contributed by atoms with Crippen LogP contribution in [-0.4, -0.2) is 10.2 Å². The van der Waals surface area contributed by atoms with E-state index in [-0.39, 0.29) is 11.9 Å². The Morgan fingerprint density at radius 2 is 1.49 bits per heavy atom. The van der Waals surface area contributed by atoms with Crippen LogP contribution in [0.15, 0.2) is 60.7 Å². The van der Waals surface area contributed by atoms with Crippen molar-refractivity contribution in [2.45, 2.75) is 31.7 Å². The second-order valence-corrected chi connectivity index (χ2v) is 8.27. The molecule has 0 saturated heterocycles. The van der Waals surface area contributed by atoms with Gasteiger partial charge in [-0.2, -0.15) is 26.3 Å². The first-order valence-corrected chi connectivity index (χ1v) is 10.8. The highest BCUT2D eigenvalue weighted by molar-refractivity contribution is 6.01. The van der Waals surface area contributed by atoms with Crippen molar-refractivity contribution in [3.63, 3.8) is 0 Å². The molecule has 3 aromatic carbocycles. The van der Waals surface area contributed by atoms with Crippen LogP contribution in [0, 0.1) is 0 Å². The zero-order valence-electron chi connectivity index (χ0n) is 18.2. The second kappa shape index (κ2) is 8.14. The van der Waals surface area contributed by atoms with Crippen LogP contribution < -0.4 is 10.6 Å². The maximum absolute atomic E-state index is 13.3. The number of aromatic nitrogens is 2. The van der Waals surface area contributed by atoms with E-state index in [0.29, 0.717) is 34.6 Å². The molecular formula is C25H18F6N4. The summed E-state index contributed by atoms with van der Waals surface area (Å²) in [4.78, 5) is 0. The standard InChI is InChI=1S/C25H18F6N4/c1-2-20-19-8-7-13(9-21(19)33-20)22-17-5-3-4-6-18(17)23(35-34-22)32-16-11-14(24(26,27)28)10-15(12-16)25(29,30)31/h3-12,20,33H,2H2,1H3,(H,32,35). The highest BCUT2D eigenvalue weighted by Gasteiger charge is 2.37. The van der Waals surface area contributed by atoms with Crippen LogP contribution in [0.2, 0.25) is 0 Å². The topological polar surface area (TPSA) is 49.8 Å². The summed E-state index contributed by atoms with van der Waals surface area (Å²) in [7, 11) is 0. The number of alkyl halides is 6. The van der Waals surface area contributed by atoms with E-state index >= 15 is 0 Å². The lowest BCUT2D eigenvalue weighted by Crippen LogP contribution is -2.21. The average molecular weight is 488 g/mol. The van der Waals surface area contributed by atoms with Crippen molar-refractivity contribution in [1.29, 1.82) is 0 Å². The molecule has 0 amide bonds. The van der Waals surface area contributed by atoms with Crippen LogP contribution in [0.25, 0.3) is 22.0 Å². The Labute approximate surface area is 196 Å². The van der Waals surface area contributed by atoms with Crippen molar-refractivity contribution >= 4 is 28.0 Å². The molecule has 0 spiro atoms. The SMILES string of the molecule is CCC1Nc2cc(-c3nnc(Nc4cc(C(F)(F)F)cc(C(F)(F)F)c4)c4ccccc34)ccc21. The number of hydrogen-bond acceptors (Lipinski definition) is 4.